The molecule has 1 N–H and O–H groups in total. The van der Waals surface area contributed by atoms with Crippen LogP contribution >= 0.6 is 0 Å². The topological polar surface area (TPSA) is 24.5 Å². The Morgan fingerprint density at radius 2 is 1.70 bits per heavy atom. The van der Waals surface area contributed by atoms with Gasteiger partial charge in [-0.1, -0.05) is 13.8 Å². The molecule has 2 atom stereocenters. The van der Waals surface area contributed by atoms with Gasteiger partial charge < -0.3 is 10.1 Å². The molecule has 1 fully saturated rings. The fraction of sp³-hybridized carbons (Fsp3) is 1.00. The van der Waals surface area contributed by atoms with Crippen LogP contribution in [0.1, 0.15) is 61.3 Å². The van der Waals surface area contributed by atoms with Crippen LogP contribution in [-0.4, -0.2) is 48.3 Å². The highest BCUT2D eigenvalue weighted by Gasteiger charge is 2.28. The minimum absolute atomic E-state index is 0.184. The van der Waals surface area contributed by atoms with E-state index in [1.165, 1.54) is 19.4 Å². The molecule has 3 nitrogen and oxygen atoms in total. The minimum atomic E-state index is 0.184. The Hall–Kier alpha value is -0.120. The smallest absolute Gasteiger partial charge is 0.0707 e. The third-order valence-corrected chi connectivity index (χ3v) is 3.82. The molecule has 1 heterocycles. The standard InChI is InChI=1S/C17H36N2O/c1-13(2)11-19(14(3)4)12-16-9-8-15(20-16)10-18-17(5,6)7/h13-16,18H,8-12H2,1-7H3. The molecule has 0 amide bonds. The van der Waals surface area contributed by atoms with E-state index in [1.807, 2.05) is 0 Å². The van der Waals surface area contributed by atoms with E-state index in [9.17, 15) is 0 Å². The Morgan fingerprint density at radius 3 is 2.20 bits per heavy atom. The first-order valence-corrected chi connectivity index (χ1v) is 8.32. The van der Waals surface area contributed by atoms with E-state index in [2.05, 4.69) is 58.7 Å². The van der Waals surface area contributed by atoms with E-state index in [-0.39, 0.29) is 5.54 Å². The van der Waals surface area contributed by atoms with Gasteiger partial charge in [0.2, 0.25) is 0 Å². The van der Waals surface area contributed by atoms with E-state index >= 15 is 0 Å². The molecular formula is C17H36N2O. The first kappa shape index (κ1) is 17.9. The molecule has 0 aromatic heterocycles. The van der Waals surface area contributed by atoms with Gasteiger partial charge in [0, 0.05) is 31.2 Å². The monoisotopic (exact) mass is 284 g/mol. The van der Waals surface area contributed by atoms with Crippen molar-refractivity contribution in [2.45, 2.75) is 85.1 Å². The SMILES string of the molecule is CC(C)CN(CC1CCC(CNC(C)(C)C)O1)C(C)C. The Kier molecular flexibility index (Phi) is 6.96. The van der Waals surface area contributed by atoms with E-state index in [0.29, 0.717) is 18.2 Å². The van der Waals surface area contributed by atoms with Gasteiger partial charge in [-0.2, -0.15) is 0 Å². The van der Waals surface area contributed by atoms with Crippen LogP contribution in [0.15, 0.2) is 0 Å². The number of nitrogens with zero attached hydrogens (tertiary/aromatic N) is 1. The van der Waals surface area contributed by atoms with Crippen molar-refractivity contribution in [1.82, 2.24) is 10.2 Å². The van der Waals surface area contributed by atoms with Crippen molar-refractivity contribution in [3.8, 4) is 0 Å². The van der Waals surface area contributed by atoms with E-state index in [0.717, 1.165) is 19.0 Å². The maximum atomic E-state index is 6.21. The van der Waals surface area contributed by atoms with Crippen molar-refractivity contribution in [3.63, 3.8) is 0 Å². The highest BCUT2D eigenvalue weighted by Crippen LogP contribution is 2.21. The molecule has 0 saturated carbocycles. The predicted molar refractivity (Wildman–Crippen MR) is 87.2 cm³/mol. The molecule has 1 aliphatic rings. The molecule has 1 rings (SSSR count). The first-order chi connectivity index (χ1) is 9.17. The van der Waals surface area contributed by atoms with Crippen LogP contribution in [0.5, 0.6) is 0 Å². The van der Waals surface area contributed by atoms with Gasteiger partial charge in [0.05, 0.1) is 12.2 Å². The second-order valence-electron chi connectivity index (χ2n) is 8.03. The second kappa shape index (κ2) is 7.77. The summed E-state index contributed by atoms with van der Waals surface area (Å²) >= 11 is 0. The highest BCUT2D eigenvalue weighted by molar-refractivity contribution is 4.81. The van der Waals surface area contributed by atoms with Crippen molar-refractivity contribution in [1.29, 1.82) is 0 Å². The Bertz CT molecular complexity index is 271. The van der Waals surface area contributed by atoms with Gasteiger partial charge in [0.15, 0.2) is 0 Å². The average Bonchev–Trinajstić information content (AvgIpc) is 2.71. The van der Waals surface area contributed by atoms with Gasteiger partial charge in [-0.05, 0) is 53.4 Å². The molecule has 120 valence electrons. The molecule has 20 heavy (non-hydrogen) atoms. The molecule has 1 saturated heterocycles. The van der Waals surface area contributed by atoms with Gasteiger partial charge in [0.25, 0.3) is 0 Å². The maximum absolute atomic E-state index is 6.21. The third-order valence-electron chi connectivity index (χ3n) is 3.82. The van der Waals surface area contributed by atoms with Crippen molar-refractivity contribution >= 4 is 0 Å². The largest absolute Gasteiger partial charge is 0.372 e. The third kappa shape index (κ3) is 7.05. The zero-order valence-corrected chi connectivity index (χ0v) is 14.7. The van der Waals surface area contributed by atoms with Crippen molar-refractivity contribution in [2.24, 2.45) is 5.92 Å². The van der Waals surface area contributed by atoms with Gasteiger partial charge in [-0.25, -0.2) is 0 Å². The molecule has 0 aromatic rings. The van der Waals surface area contributed by atoms with Gasteiger partial charge in [-0.15, -0.1) is 0 Å². The number of hydrogen-bond donors (Lipinski definition) is 1. The summed E-state index contributed by atoms with van der Waals surface area (Å²) in [6.45, 7) is 19.0. The van der Waals surface area contributed by atoms with E-state index in [4.69, 9.17) is 4.74 Å². The fourth-order valence-corrected chi connectivity index (χ4v) is 2.71. The molecule has 0 spiro atoms. The molecule has 0 aliphatic carbocycles. The van der Waals surface area contributed by atoms with E-state index < -0.39 is 0 Å². The molecule has 0 radical (unpaired) electrons. The summed E-state index contributed by atoms with van der Waals surface area (Å²) in [6.07, 6.45) is 3.22. The van der Waals surface area contributed by atoms with Crippen molar-refractivity contribution < 1.29 is 4.74 Å². The minimum Gasteiger partial charge on any atom is -0.372 e. The quantitative estimate of drug-likeness (QED) is 0.776. The summed E-state index contributed by atoms with van der Waals surface area (Å²) in [5.74, 6) is 0.720. The van der Waals surface area contributed by atoms with Crippen LogP contribution < -0.4 is 5.32 Å². The molecule has 1 aliphatic heterocycles. The summed E-state index contributed by atoms with van der Waals surface area (Å²) in [7, 11) is 0. The van der Waals surface area contributed by atoms with E-state index in [1.54, 1.807) is 0 Å². The first-order valence-electron chi connectivity index (χ1n) is 8.32. The molecular weight excluding hydrogens is 248 g/mol. The van der Waals surface area contributed by atoms with Gasteiger partial charge in [0.1, 0.15) is 0 Å². The number of ether oxygens (including phenoxy) is 1. The number of rotatable bonds is 7. The second-order valence-corrected chi connectivity index (χ2v) is 8.03. The lowest BCUT2D eigenvalue weighted by Crippen LogP contribution is -2.42. The van der Waals surface area contributed by atoms with Crippen LogP contribution in [0.3, 0.4) is 0 Å². The molecule has 0 bridgehead atoms. The molecule has 2 unspecified atom stereocenters. The van der Waals surface area contributed by atoms with Crippen molar-refractivity contribution in [3.05, 3.63) is 0 Å². The van der Waals surface area contributed by atoms with Crippen LogP contribution in [0.2, 0.25) is 0 Å². The summed E-state index contributed by atoms with van der Waals surface area (Å²) < 4.78 is 6.21. The lowest BCUT2D eigenvalue weighted by Gasteiger charge is -2.31. The Labute approximate surface area is 126 Å². The normalized spacial score (nSPS) is 24.3. The lowest BCUT2D eigenvalue weighted by molar-refractivity contribution is 0.0126. The van der Waals surface area contributed by atoms with Gasteiger partial charge in [-0.3, -0.25) is 4.90 Å². The molecule has 0 aromatic carbocycles. The zero-order valence-electron chi connectivity index (χ0n) is 14.7. The van der Waals surface area contributed by atoms with Gasteiger partial charge >= 0.3 is 0 Å². The Balaban J connectivity index is 2.35. The highest BCUT2D eigenvalue weighted by atomic mass is 16.5. The number of hydrogen-bond acceptors (Lipinski definition) is 3. The predicted octanol–water partition coefficient (Wildman–Crippen LogP) is 3.29. The average molecular weight is 284 g/mol. The lowest BCUT2D eigenvalue weighted by atomic mass is 10.1. The van der Waals surface area contributed by atoms with Crippen LogP contribution in [0.25, 0.3) is 0 Å². The fourth-order valence-electron chi connectivity index (χ4n) is 2.71. The summed E-state index contributed by atoms with van der Waals surface area (Å²) in [4.78, 5) is 2.56. The summed E-state index contributed by atoms with van der Waals surface area (Å²) in [5.41, 5.74) is 0.184. The summed E-state index contributed by atoms with van der Waals surface area (Å²) in [6, 6.07) is 0.604. The summed E-state index contributed by atoms with van der Waals surface area (Å²) in [5, 5.41) is 3.55. The zero-order chi connectivity index (χ0) is 15.3. The molecule has 3 heteroatoms. The van der Waals surface area contributed by atoms with Crippen LogP contribution in [-0.2, 0) is 4.74 Å². The van der Waals surface area contributed by atoms with Crippen molar-refractivity contribution in [2.75, 3.05) is 19.6 Å². The van der Waals surface area contributed by atoms with Crippen LogP contribution in [0.4, 0.5) is 0 Å². The van der Waals surface area contributed by atoms with Crippen LogP contribution in [0, 0.1) is 5.92 Å². The Morgan fingerprint density at radius 1 is 1.10 bits per heavy atom. The maximum Gasteiger partial charge on any atom is 0.0707 e. The number of nitrogens with one attached hydrogen (secondary N) is 1.